The van der Waals surface area contributed by atoms with Crippen molar-refractivity contribution in [3.63, 3.8) is 0 Å². The summed E-state index contributed by atoms with van der Waals surface area (Å²) in [5, 5.41) is 1.04. The second-order valence-corrected chi connectivity index (χ2v) is 5.76. The van der Waals surface area contributed by atoms with E-state index in [1.165, 1.54) is 16.0 Å². The minimum atomic E-state index is 0. The SMILES string of the molecule is COc1cc2c(s1)CCN(Cc1ccccc1)C2.Cl. The molecule has 19 heavy (non-hydrogen) atoms. The molecule has 1 aromatic carbocycles. The first-order chi connectivity index (χ1) is 8.85. The Morgan fingerprint density at radius 3 is 2.79 bits per heavy atom. The molecule has 1 aromatic heterocycles. The van der Waals surface area contributed by atoms with Crippen molar-refractivity contribution in [3.05, 3.63) is 52.4 Å². The summed E-state index contributed by atoms with van der Waals surface area (Å²) in [5.41, 5.74) is 2.84. The van der Waals surface area contributed by atoms with Gasteiger partial charge in [-0.2, -0.15) is 0 Å². The summed E-state index contributed by atoms with van der Waals surface area (Å²) in [6.07, 6.45) is 1.15. The average molecular weight is 296 g/mol. The van der Waals surface area contributed by atoms with Crippen molar-refractivity contribution in [2.24, 2.45) is 0 Å². The quantitative estimate of drug-likeness (QED) is 0.855. The third kappa shape index (κ3) is 3.30. The Kier molecular flexibility index (Phi) is 4.86. The Bertz CT molecular complexity index is 526. The first kappa shape index (κ1) is 14.4. The highest BCUT2D eigenvalue weighted by Gasteiger charge is 2.19. The van der Waals surface area contributed by atoms with Crippen molar-refractivity contribution in [3.8, 4) is 5.06 Å². The molecule has 102 valence electrons. The average Bonchev–Trinajstić information content (AvgIpc) is 2.82. The van der Waals surface area contributed by atoms with Gasteiger partial charge in [0.1, 0.15) is 0 Å². The van der Waals surface area contributed by atoms with Gasteiger partial charge >= 0.3 is 0 Å². The lowest BCUT2D eigenvalue weighted by molar-refractivity contribution is 0.247. The van der Waals surface area contributed by atoms with Gasteiger partial charge in [0, 0.05) is 24.5 Å². The Morgan fingerprint density at radius 1 is 1.26 bits per heavy atom. The van der Waals surface area contributed by atoms with Crippen molar-refractivity contribution in [1.82, 2.24) is 4.90 Å². The molecule has 0 amide bonds. The second kappa shape index (κ2) is 6.42. The molecule has 0 saturated carbocycles. The molecule has 0 spiro atoms. The lowest BCUT2D eigenvalue weighted by atomic mass is 10.1. The van der Waals surface area contributed by atoms with Gasteiger partial charge in [0.15, 0.2) is 5.06 Å². The number of rotatable bonds is 3. The van der Waals surface area contributed by atoms with Crippen LogP contribution in [0.3, 0.4) is 0 Å². The maximum Gasteiger partial charge on any atom is 0.173 e. The largest absolute Gasteiger partial charge is 0.487 e. The van der Waals surface area contributed by atoms with E-state index in [2.05, 4.69) is 41.3 Å². The predicted octanol–water partition coefficient (Wildman–Crippen LogP) is 3.74. The molecule has 0 bridgehead atoms. The Balaban J connectivity index is 0.00000133. The van der Waals surface area contributed by atoms with E-state index in [9.17, 15) is 0 Å². The van der Waals surface area contributed by atoms with Crippen molar-refractivity contribution in [1.29, 1.82) is 0 Å². The van der Waals surface area contributed by atoms with Crippen LogP contribution in [0.2, 0.25) is 0 Å². The maximum atomic E-state index is 5.32. The van der Waals surface area contributed by atoms with Crippen LogP contribution in [0.25, 0.3) is 0 Å². The van der Waals surface area contributed by atoms with Gasteiger partial charge in [-0.3, -0.25) is 4.90 Å². The molecule has 3 rings (SSSR count). The van der Waals surface area contributed by atoms with Crippen LogP contribution in [0.5, 0.6) is 5.06 Å². The van der Waals surface area contributed by atoms with E-state index in [4.69, 9.17) is 4.74 Å². The Labute approximate surface area is 124 Å². The summed E-state index contributed by atoms with van der Waals surface area (Å²) in [7, 11) is 1.75. The van der Waals surface area contributed by atoms with Gasteiger partial charge < -0.3 is 4.74 Å². The lowest BCUT2D eigenvalue weighted by Gasteiger charge is -2.26. The fourth-order valence-electron chi connectivity index (χ4n) is 2.44. The molecule has 0 unspecified atom stereocenters. The highest BCUT2D eigenvalue weighted by atomic mass is 35.5. The zero-order valence-corrected chi connectivity index (χ0v) is 12.6. The molecule has 4 heteroatoms. The van der Waals surface area contributed by atoms with Crippen LogP contribution in [0.1, 0.15) is 16.0 Å². The first-order valence-electron chi connectivity index (χ1n) is 6.27. The Hall–Kier alpha value is -1.03. The molecular formula is C15H18ClNOS. The smallest absolute Gasteiger partial charge is 0.173 e. The molecule has 0 fully saturated rings. The topological polar surface area (TPSA) is 12.5 Å². The Morgan fingerprint density at radius 2 is 2.05 bits per heavy atom. The third-order valence-electron chi connectivity index (χ3n) is 3.37. The summed E-state index contributed by atoms with van der Waals surface area (Å²) in [5.74, 6) is 0. The summed E-state index contributed by atoms with van der Waals surface area (Å²) in [4.78, 5) is 4.00. The summed E-state index contributed by atoms with van der Waals surface area (Å²) >= 11 is 1.79. The zero-order chi connectivity index (χ0) is 12.4. The number of hydrogen-bond donors (Lipinski definition) is 0. The number of fused-ring (bicyclic) bond motifs is 1. The number of methoxy groups -OCH3 is 1. The molecule has 0 atom stereocenters. The van der Waals surface area contributed by atoms with E-state index in [0.717, 1.165) is 31.1 Å². The van der Waals surface area contributed by atoms with Gasteiger partial charge in [-0.05, 0) is 23.6 Å². The highest BCUT2D eigenvalue weighted by molar-refractivity contribution is 7.14. The zero-order valence-electron chi connectivity index (χ0n) is 11.0. The van der Waals surface area contributed by atoms with Crippen LogP contribution in [-0.4, -0.2) is 18.6 Å². The van der Waals surface area contributed by atoms with E-state index < -0.39 is 0 Å². The van der Waals surface area contributed by atoms with Crippen LogP contribution < -0.4 is 4.74 Å². The molecule has 2 nitrogen and oxygen atoms in total. The first-order valence-corrected chi connectivity index (χ1v) is 7.08. The fourth-order valence-corrected chi connectivity index (χ4v) is 3.42. The van der Waals surface area contributed by atoms with Crippen LogP contribution in [0.15, 0.2) is 36.4 Å². The second-order valence-electron chi connectivity index (χ2n) is 4.66. The summed E-state index contributed by atoms with van der Waals surface area (Å²) < 4.78 is 5.32. The molecule has 0 aliphatic carbocycles. The maximum absolute atomic E-state index is 5.32. The van der Waals surface area contributed by atoms with Gasteiger partial charge in [-0.1, -0.05) is 30.3 Å². The van der Waals surface area contributed by atoms with Gasteiger partial charge in [-0.25, -0.2) is 0 Å². The molecule has 1 aliphatic rings. The minimum absolute atomic E-state index is 0. The van der Waals surface area contributed by atoms with Crippen LogP contribution in [0, 0.1) is 0 Å². The van der Waals surface area contributed by atoms with Gasteiger partial charge in [0.05, 0.1) is 7.11 Å². The van der Waals surface area contributed by atoms with Crippen molar-refractivity contribution in [2.45, 2.75) is 19.5 Å². The number of halogens is 1. The van der Waals surface area contributed by atoms with E-state index in [1.54, 1.807) is 18.4 Å². The third-order valence-corrected chi connectivity index (χ3v) is 4.57. The van der Waals surface area contributed by atoms with Crippen LogP contribution in [-0.2, 0) is 19.5 Å². The van der Waals surface area contributed by atoms with Crippen molar-refractivity contribution < 1.29 is 4.74 Å². The molecular weight excluding hydrogens is 278 g/mol. The molecule has 2 aromatic rings. The number of hydrogen-bond acceptors (Lipinski definition) is 3. The van der Waals surface area contributed by atoms with E-state index >= 15 is 0 Å². The minimum Gasteiger partial charge on any atom is -0.487 e. The molecule has 1 aliphatic heterocycles. The standard InChI is InChI=1S/C15H17NOS.ClH/c1-17-15-9-13-11-16(8-7-14(13)18-15)10-12-5-3-2-4-6-12;/h2-6,9H,7-8,10-11H2,1H3;1H. The highest BCUT2D eigenvalue weighted by Crippen LogP contribution is 2.33. The van der Waals surface area contributed by atoms with Crippen LogP contribution >= 0.6 is 23.7 Å². The number of benzene rings is 1. The monoisotopic (exact) mass is 295 g/mol. The summed E-state index contributed by atoms with van der Waals surface area (Å²) in [6.45, 7) is 3.23. The number of nitrogens with zero attached hydrogens (tertiary/aromatic N) is 1. The lowest BCUT2D eigenvalue weighted by Crippen LogP contribution is -2.29. The molecule has 2 heterocycles. The van der Waals surface area contributed by atoms with Crippen molar-refractivity contribution >= 4 is 23.7 Å². The van der Waals surface area contributed by atoms with E-state index in [-0.39, 0.29) is 12.4 Å². The van der Waals surface area contributed by atoms with Crippen molar-refractivity contribution in [2.75, 3.05) is 13.7 Å². The number of ether oxygens (including phenoxy) is 1. The van der Waals surface area contributed by atoms with Crippen LogP contribution in [0.4, 0.5) is 0 Å². The van der Waals surface area contributed by atoms with E-state index in [1.807, 2.05) is 0 Å². The fraction of sp³-hybridized carbons (Fsp3) is 0.333. The van der Waals surface area contributed by atoms with Gasteiger partial charge in [-0.15, -0.1) is 23.7 Å². The van der Waals surface area contributed by atoms with E-state index in [0.29, 0.717) is 0 Å². The predicted molar refractivity (Wildman–Crippen MR) is 82.4 cm³/mol. The molecule has 0 N–H and O–H groups in total. The molecule has 0 saturated heterocycles. The normalized spacial score (nSPS) is 14.6. The summed E-state index contributed by atoms with van der Waals surface area (Å²) in [6, 6.07) is 12.9. The number of thiophene rings is 1. The van der Waals surface area contributed by atoms with Gasteiger partial charge in [0.2, 0.25) is 0 Å². The molecule has 0 radical (unpaired) electrons. The van der Waals surface area contributed by atoms with Gasteiger partial charge in [0.25, 0.3) is 0 Å².